The highest BCUT2D eigenvalue weighted by Crippen LogP contribution is 2.12. The highest BCUT2D eigenvalue weighted by atomic mass is 16.4. The third-order valence-electron chi connectivity index (χ3n) is 2.85. The number of carboxylic acids is 1. The van der Waals surface area contributed by atoms with Crippen molar-refractivity contribution in [2.75, 3.05) is 5.32 Å². The number of anilines is 1. The van der Waals surface area contributed by atoms with Crippen LogP contribution in [0.2, 0.25) is 0 Å². The Morgan fingerprint density at radius 1 is 1.32 bits per heavy atom. The fourth-order valence-electron chi connectivity index (χ4n) is 1.90. The first-order valence-corrected chi connectivity index (χ1v) is 6.06. The molecule has 2 rings (SSSR count). The summed E-state index contributed by atoms with van der Waals surface area (Å²) in [4.78, 5) is 26.3. The zero-order valence-electron chi connectivity index (χ0n) is 10.3. The van der Waals surface area contributed by atoms with Gasteiger partial charge in [0.1, 0.15) is 0 Å². The van der Waals surface area contributed by atoms with Gasteiger partial charge in [-0.25, -0.2) is 9.59 Å². The second-order valence-electron chi connectivity index (χ2n) is 4.35. The van der Waals surface area contributed by atoms with Gasteiger partial charge in [-0.1, -0.05) is 12.2 Å². The van der Waals surface area contributed by atoms with Gasteiger partial charge in [-0.3, -0.25) is 4.98 Å². The second-order valence-corrected chi connectivity index (χ2v) is 4.35. The largest absolute Gasteiger partial charge is 0.478 e. The van der Waals surface area contributed by atoms with E-state index in [0.717, 1.165) is 19.3 Å². The Bertz CT molecular complexity index is 514. The van der Waals surface area contributed by atoms with Gasteiger partial charge in [-0.15, -0.1) is 0 Å². The summed E-state index contributed by atoms with van der Waals surface area (Å²) in [5.41, 5.74) is 0.405. The molecule has 1 aromatic rings. The van der Waals surface area contributed by atoms with Gasteiger partial charge in [-0.2, -0.15) is 0 Å². The van der Waals surface area contributed by atoms with Crippen LogP contribution in [0.4, 0.5) is 10.5 Å². The zero-order chi connectivity index (χ0) is 13.7. The topological polar surface area (TPSA) is 91.3 Å². The summed E-state index contributed by atoms with van der Waals surface area (Å²) in [5.74, 6) is -1.08. The number of carbonyl (C=O) groups is 2. The van der Waals surface area contributed by atoms with Crippen molar-refractivity contribution in [3.63, 3.8) is 0 Å². The monoisotopic (exact) mass is 261 g/mol. The fourth-order valence-corrected chi connectivity index (χ4v) is 1.90. The lowest BCUT2D eigenvalue weighted by Crippen LogP contribution is -2.38. The average Bonchev–Trinajstić information content (AvgIpc) is 2.40. The molecule has 6 heteroatoms. The molecule has 0 aliphatic heterocycles. The van der Waals surface area contributed by atoms with E-state index in [1.54, 1.807) is 0 Å². The van der Waals surface area contributed by atoms with E-state index in [1.807, 2.05) is 6.08 Å². The van der Waals surface area contributed by atoms with Crippen molar-refractivity contribution in [2.24, 2.45) is 0 Å². The average molecular weight is 261 g/mol. The Labute approximate surface area is 110 Å². The minimum absolute atomic E-state index is 0.0402. The number of hydrogen-bond acceptors (Lipinski definition) is 3. The number of amides is 2. The number of aromatic nitrogens is 1. The molecule has 19 heavy (non-hydrogen) atoms. The van der Waals surface area contributed by atoms with Crippen molar-refractivity contribution < 1.29 is 14.7 Å². The molecule has 6 nitrogen and oxygen atoms in total. The van der Waals surface area contributed by atoms with Gasteiger partial charge >= 0.3 is 12.0 Å². The molecule has 0 saturated carbocycles. The summed E-state index contributed by atoms with van der Waals surface area (Å²) in [6.07, 6.45) is 9.47. The van der Waals surface area contributed by atoms with E-state index in [4.69, 9.17) is 5.11 Å². The fraction of sp³-hybridized carbons (Fsp3) is 0.308. The van der Waals surface area contributed by atoms with E-state index in [2.05, 4.69) is 21.7 Å². The van der Waals surface area contributed by atoms with Crippen LogP contribution in [0.5, 0.6) is 0 Å². The number of pyridine rings is 1. The number of nitrogens with zero attached hydrogens (tertiary/aromatic N) is 1. The molecule has 2 amide bonds. The molecule has 1 aliphatic carbocycles. The molecule has 0 fully saturated rings. The molecule has 3 N–H and O–H groups in total. The van der Waals surface area contributed by atoms with Gasteiger partial charge in [0.15, 0.2) is 0 Å². The summed E-state index contributed by atoms with van der Waals surface area (Å²) in [6.45, 7) is 0. The first-order chi connectivity index (χ1) is 9.15. The van der Waals surface area contributed by atoms with Gasteiger partial charge < -0.3 is 15.7 Å². The second kappa shape index (κ2) is 5.99. The summed E-state index contributed by atoms with van der Waals surface area (Å²) in [5, 5.41) is 14.3. The molecule has 1 heterocycles. The van der Waals surface area contributed by atoms with E-state index < -0.39 is 5.97 Å². The number of aromatic carboxylic acids is 1. The number of allylic oxidation sites excluding steroid dienone is 1. The van der Waals surface area contributed by atoms with Crippen molar-refractivity contribution in [3.8, 4) is 0 Å². The molecule has 1 aliphatic rings. The SMILES string of the molecule is O=C(Nc1cncc(C(=O)O)c1)NC1CC=CCC1. The molecule has 0 saturated heterocycles. The number of rotatable bonds is 3. The first-order valence-electron chi connectivity index (χ1n) is 6.06. The standard InChI is InChI=1S/C13H15N3O3/c17-12(18)9-6-11(8-14-7-9)16-13(19)15-10-4-2-1-3-5-10/h1-2,6-8,10H,3-5H2,(H,17,18)(H2,15,16,19). The van der Waals surface area contributed by atoms with Crippen LogP contribution in [0.3, 0.4) is 0 Å². The maximum atomic E-state index is 11.7. The van der Waals surface area contributed by atoms with Gasteiger partial charge in [0.05, 0.1) is 17.4 Å². The summed E-state index contributed by atoms with van der Waals surface area (Å²) in [6, 6.07) is 1.15. The molecule has 0 radical (unpaired) electrons. The number of carboxylic acid groups (broad SMARTS) is 1. The lowest BCUT2D eigenvalue weighted by molar-refractivity contribution is 0.0696. The molecule has 0 aromatic carbocycles. The van der Waals surface area contributed by atoms with Crippen LogP contribution in [0.25, 0.3) is 0 Å². The van der Waals surface area contributed by atoms with E-state index in [9.17, 15) is 9.59 Å². The summed E-state index contributed by atoms with van der Waals surface area (Å²) in [7, 11) is 0. The number of urea groups is 1. The molecule has 1 unspecified atom stereocenters. The number of carbonyl (C=O) groups excluding carboxylic acids is 1. The smallest absolute Gasteiger partial charge is 0.337 e. The number of nitrogens with one attached hydrogen (secondary N) is 2. The van der Waals surface area contributed by atoms with Crippen LogP contribution >= 0.6 is 0 Å². The van der Waals surface area contributed by atoms with Gasteiger partial charge in [0.25, 0.3) is 0 Å². The Morgan fingerprint density at radius 2 is 2.16 bits per heavy atom. The third kappa shape index (κ3) is 3.80. The Morgan fingerprint density at radius 3 is 2.84 bits per heavy atom. The van der Waals surface area contributed by atoms with Crippen LogP contribution in [-0.4, -0.2) is 28.1 Å². The van der Waals surface area contributed by atoms with Crippen molar-refractivity contribution in [1.29, 1.82) is 0 Å². The molecule has 100 valence electrons. The molecule has 1 aromatic heterocycles. The maximum absolute atomic E-state index is 11.7. The van der Waals surface area contributed by atoms with Crippen LogP contribution in [0.15, 0.2) is 30.6 Å². The van der Waals surface area contributed by atoms with Gasteiger partial charge in [-0.05, 0) is 25.3 Å². The Kier molecular flexibility index (Phi) is 4.12. The van der Waals surface area contributed by atoms with Crippen LogP contribution in [0.1, 0.15) is 29.6 Å². The van der Waals surface area contributed by atoms with E-state index in [0.29, 0.717) is 5.69 Å². The highest BCUT2D eigenvalue weighted by Gasteiger charge is 2.13. The molecule has 0 spiro atoms. The highest BCUT2D eigenvalue weighted by molar-refractivity contribution is 5.92. The lowest BCUT2D eigenvalue weighted by Gasteiger charge is -2.19. The summed E-state index contributed by atoms with van der Waals surface area (Å²) < 4.78 is 0. The predicted octanol–water partition coefficient (Wildman–Crippen LogP) is 2.01. The minimum atomic E-state index is -1.08. The van der Waals surface area contributed by atoms with Crippen molar-refractivity contribution in [2.45, 2.75) is 25.3 Å². The van der Waals surface area contributed by atoms with E-state index >= 15 is 0 Å². The normalized spacial score (nSPS) is 17.8. The molecule has 1 atom stereocenters. The van der Waals surface area contributed by atoms with Crippen molar-refractivity contribution >= 4 is 17.7 Å². The van der Waals surface area contributed by atoms with Crippen LogP contribution in [0, 0.1) is 0 Å². The third-order valence-corrected chi connectivity index (χ3v) is 2.85. The summed E-state index contributed by atoms with van der Waals surface area (Å²) >= 11 is 0. The first kappa shape index (κ1) is 13.1. The van der Waals surface area contributed by atoms with Gasteiger partial charge in [0.2, 0.25) is 0 Å². The zero-order valence-corrected chi connectivity index (χ0v) is 10.3. The maximum Gasteiger partial charge on any atom is 0.337 e. The molecule has 0 bridgehead atoms. The number of hydrogen-bond donors (Lipinski definition) is 3. The van der Waals surface area contributed by atoms with Gasteiger partial charge in [0, 0.05) is 12.2 Å². The Hall–Kier alpha value is -2.37. The van der Waals surface area contributed by atoms with E-state index in [1.165, 1.54) is 18.5 Å². The Balaban J connectivity index is 1.93. The molecular formula is C13H15N3O3. The quantitative estimate of drug-likeness (QED) is 0.726. The minimum Gasteiger partial charge on any atom is -0.478 e. The lowest BCUT2D eigenvalue weighted by atomic mass is 10.0. The van der Waals surface area contributed by atoms with E-state index in [-0.39, 0.29) is 17.6 Å². The van der Waals surface area contributed by atoms with Crippen LogP contribution in [-0.2, 0) is 0 Å². The predicted molar refractivity (Wildman–Crippen MR) is 70.1 cm³/mol. The molecular weight excluding hydrogens is 246 g/mol. The van der Waals surface area contributed by atoms with Crippen molar-refractivity contribution in [3.05, 3.63) is 36.2 Å². The van der Waals surface area contributed by atoms with Crippen molar-refractivity contribution in [1.82, 2.24) is 10.3 Å². The van der Waals surface area contributed by atoms with Crippen LogP contribution < -0.4 is 10.6 Å².